The Kier molecular flexibility index (Phi) is 6.73. The van der Waals surface area contributed by atoms with Crippen molar-refractivity contribution in [3.8, 4) is 11.8 Å². The van der Waals surface area contributed by atoms with Crippen LogP contribution in [0.1, 0.15) is 78.2 Å². The van der Waals surface area contributed by atoms with Crippen LogP contribution in [-0.2, 0) is 19.2 Å². The molecule has 2 saturated heterocycles. The smallest absolute Gasteiger partial charge is 0.223 e. The van der Waals surface area contributed by atoms with Crippen molar-refractivity contribution >= 4 is 46.5 Å². The molecule has 10 heteroatoms. The first-order valence-corrected chi connectivity index (χ1v) is 13.7. The number of ketones is 6. The van der Waals surface area contributed by atoms with E-state index in [0.717, 1.165) is 0 Å². The fourth-order valence-corrected chi connectivity index (χ4v) is 5.97. The Morgan fingerprint density at radius 1 is 0.595 bits per heavy atom. The molecular formula is C32H24N2O8. The van der Waals surface area contributed by atoms with Crippen LogP contribution in [0.25, 0.3) is 0 Å². The predicted octanol–water partition coefficient (Wildman–Crippen LogP) is 1.46. The molecule has 2 atom stereocenters. The molecule has 6 rings (SSSR count). The van der Waals surface area contributed by atoms with Gasteiger partial charge in [0.05, 0.1) is 13.1 Å². The fourth-order valence-electron chi connectivity index (χ4n) is 5.97. The molecule has 0 saturated carbocycles. The number of likely N-dealkylation sites (tertiary alicyclic amines) is 2. The van der Waals surface area contributed by atoms with Crippen LogP contribution in [0.5, 0.6) is 0 Å². The van der Waals surface area contributed by atoms with E-state index < -0.39 is 46.5 Å². The second kappa shape index (κ2) is 10.4. The molecule has 2 amide bonds. The molecule has 0 aromatic heterocycles. The summed E-state index contributed by atoms with van der Waals surface area (Å²) in [4.78, 5) is 104. The van der Waals surface area contributed by atoms with Crippen LogP contribution >= 0.6 is 0 Å². The van der Waals surface area contributed by atoms with Gasteiger partial charge in [0.25, 0.3) is 0 Å². The molecule has 210 valence electrons. The standard InChI is InChI=1S/C32H24N2O8/c35-23(15-33-11-1-3-25(33)37)27-29(39)19-9-7-17(13-21(19)31(27)41)5-6-18-8-10-20-22(14-18)32(42)28(30(20)40)24(36)16-34-12-2-4-26(34)38/h7-10,13-14,27-28H,1-4,11-12,15-16H2. The van der Waals surface area contributed by atoms with Crippen LogP contribution < -0.4 is 0 Å². The Morgan fingerprint density at radius 3 is 1.33 bits per heavy atom. The highest BCUT2D eigenvalue weighted by molar-refractivity contribution is 6.36. The van der Waals surface area contributed by atoms with Gasteiger partial charge in [-0.05, 0) is 49.2 Å². The summed E-state index contributed by atoms with van der Waals surface area (Å²) in [5.41, 5.74) is 1.22. The molecule has 2 aromatic carbocycles. The number of Topliss-reactive ketones (excluding diaryl/α,β-unsaturated/α-hetero) is 6. The van der Waals surface area contributed by atoms with Gasteiger partial charge in [0, 0.05) is 59.3 Å². The second-order valence-corrected chi connectivity index (χ2v) is 10.9. The predicted molar refractivity (Wildman–Crippen MR) is 145 cm³/mol. The largest absolute Gasteiger partial charge is 0.335 e. The van der Waals surface area contributed by atoms with Crippen LogP contribution in [0.2, 0.25) is 0 Å². The first-order valence-electron chi connectivity index (χ1n) is 13.7. The van der Waals surface area contributed by atoms with Crippen LogP contribution in [0, 0.1) is 23.7 Å². The molecule has 2 aliphatic heterocycles. The minimum Gasteiger partial charge on any atom is -0.335 e. The summed E-state index contributed by atoms with van der Waals surface area (Å²) in [6, 6.07) is 8.86. The first kappa shape index (κ1) is 27.1. The van der Waals surface area contributed by atoms with E-state index in [-0.39, 0.29) is 47.2 Å². The molecule has 2 unspecified atom stereocenters. The minimum absolute atomic E-state index is 0.0884. The van der Waals surface area contributed by atoms with Crippen molar-refractivity contribution in [3.63, 3.8) is 0 Å². The Morgan fingerprint density at radius 2 is 0.976 bits per heavy atom. The Labute approximate surface area is 240 Å². The highest BCUT2D eigenvalue weighted by atomic mass is 16.2. The van der Waals surface area contributed by atoms with Gasteiger partial charge in [-0.2, -0.15) is 0 Å². The SMILES string of the molecule is O=C(CN1CCCC1=O)C1C(=O)c2ccc(C#Cc3ccc4c(c3)C(=O)C(C(=O)CN3CCCC3=O)C4=O)cc2C1=O. The van der Waals surface area contributed by atoms with Crippen molar-refractivity contribution in [2.24, 2.45) is 11.8 Å². The molecule has 2 fully saturated rings. The van der Waals surface area contributed by atoms with E-state index in [4.69, 9.17) is 0 Å². The maximum absolute atomic E-state index is 13.0. The Hall–Kier alpha value is -5.04. The molecule has 0 N–H and O–H groups in total. The number of nitrogens with zero attached hydrogens (tertiary/aromatic N) is 2. The van der Waals surface area contributed by atoms with Crippen molar-refractivity contribution in [3.05, 3.63) is 69.8 Å². The molecule has 2 heterocycles. The molecule has 2 aromatic rings. The van der Waals surface area contributed by atoms with Crippen molar-refractivity contribution in [1.82, 2.24) is 9.80 Å². The summed E-state index contributed by atoms with van der Waals surface area (Å²) >= 11 is 0. The van der Waals surface area contributed by atoms with Gasteiger partial charge in [0.2, 0.25) is 11.8 Å². The van der Waals surface area contributed by atoms with Crippen LogP contribution in [0.15, 0.2) is 36.4 Å². The third-order valence-electron chi connectivity index (χ3n) is 8.18. The number of hydrogen-bond donors (Lipinski definition) is 0. The fraction of sp³-hybridized carbons (Fsp3) is 0.312. The van der Waals surface area contributed by atoms with Crippen molar-refractivity contribution in [1.29, 1.82) is 0 Å². The summed E-state index contributed by atoms with van der Waals surface area (Å²) in [5.74, 6) is -1.17. The highest BCUT2D eigenvalue weighted by Crippen LogP contribution is 2.30. The lowest BCUT2D eigenvalue weighted by molar-refractivity contribution is -0.132. The number of carbonyl (C=O) groups excluding carboxylic acids is 8. The van der Waals surface area contributed by atoms with E-state index in [1.807, 2.05) is 0 Å². The third kappa shape index (κ3) is 4.57. The highest BCUT2D eigenvalue weighted by Gasteiger charge is 2.45. The van der Waals surface area contributed by atoms with E-state index >= 15 is 0 Å². The molecule has 10 nitrogen and oxygen atoms in total. The van der Waals surface area contributed by atoms with Gasteiger partial charge < -0.3 is 9.80 Å². The third-order valence-corrected chi connectivity index (χ3v) is 8.18. The number of amides is 2. The minimum atomic E-state index is -1.48. The van der Waals surface area contributed by atoms with E-state index in [9.17, 15) is 38.4 Å². The molecule has 2 aliphatic carbocycles. The zero-order valence-electron chi connectivity index (χ0n) is 22.4. The normalized spacial score (nSPS) is 21.1. The van der Waals surface area contributed by atoms with Gasteiger partial charge in [0.15, 0.2) is 34.7 Å². The first-order chi connectivity index (χ1) is 20.1. The topological polar surface area (TPSA) is 143 Å². The maximum atomic E-state index is 13.0. The summed E-state index contributed by atoms with van der Waals surface area (Å²) in [6.07, 6.45) is 1.96. The Balaban J connectivity index is 1.18. The Bertz CT molecular complexity index is 1600. The van der Waals surface area contributed by atoms with Crippen LogP contribution in [-0.4, -0.2) is 82.5 Å². The zero-order valence-corrected chi connectivity index (χ0v) is 22.4. The molecule has 42 heavy (non-hydrogen) atoms. The molecule has 0 spiro atoms. The lowest BCUT2D eigenvalue weighted by Crippen LogP contribution is -2.37. The second-order valence-electron chi connectivity index (χ2n) is 10.9. The summed E-state index contributed by atoms with van der Waals surface area (Å²) < 4.78 is 0. The van der Waals surface area contributed by atoms with Gasteiger partial charge in [-0.1, -0.05) is 11.8 Å². The summed E-state index contributed by atoms with van der Waals surface area (Å²) in [5, 5.41) is 0. The quantitative estimate of drug-likeness (QED) is 0.379. The van der Waals surface area contributed by atoms with Crippen molar-refractivity contribution in [2.75, 3.05) is 26.2 Å². The maximum Gasteiger partial charge on any atom is 0.223 e. The van der Waals surface area contributed by atoms with Gasteiger partial charge in [-0.15, -0.1) is 0 Å². The number of hydrogen-bond acceptors (Lipinski definition) is 8. The number of fused-ring (bicyclic) bond motifs is 2. The van der Waals surface area contributed by atoms with E-state index in [1.54, 1.807) is 12.1 Å². The van der Waals surface area contributed by atoms with E-state index in [0.29, 0.717) is 49.9 Å². The molecular weight excluding hydrogens is 540 g/mol. The molecule has 4 aliphatic rings. The van der Waals surface area contributed by atoms with E-state index in [1.165, 1.54) is 34.1 Å². The average molecular weight is 565 g/mol. The van der Waals surface area contributed by atoms with Crippen molar-refractivity contribution < 1.29 is 38.4 Å². The number of carbonyl (C=O) groups is 8. The lowest BCUT2D eigenvalue weighted by atomic mass is 9.98. The number of rotatable bonds is 6. The van der Waals surface area contributed by atoms with Crippen molar-refractivity contribution in [2.45, 2.75) is 25.7 Å². The van der Waals surface area contributed by atoms with E-state index in [2.05, 4.69) is 11.8 Å². The van der Waals surface area contributed by atoms with Gasteiger partial charge in [-0.25, -0.2) is 0 Å². The summed E-state index contributed by atoms with van der Waals surface area (Å²) in [6.45, 7) is 0.296. The monoisotopic (exact) mass is 564 g/mol. The van der Waals surface area contributed by atoms with Crippen LogP contribution in [0.4, 0.5) is 0 Å². The molecule has 0 radical (unpaired) electrons. The number of benzene rings is 2. The lowest BCUT2D eigenvalue weighted by Gasteiger charge is -2.15. The van der Waals surface area contributed by atoms with Gasteiger partial charge in [-0.3, -0.25) is 38.4 Å². The molecule has 0 bridgehead atoms. The van der Waals surface area contributed by atoms with Gasteiger partial charge >= 0.3 is 0 Å². The average Bonchev–Trinajstić information content (AvgIpc) is 3.69. The summed E-state index contributed by atoms with van der Waals surface area (Å²) in [7, 11) is 0. The van der Waals surface area contributed by atoms with Gasteiger partial charge in [0.1, 0.15) is 11.8 Å². The van der Waals surface area contributed by atoms with Crippen LogP contribution in [0.3, 0.4) is 0 Å². The zero-order chi connectivity index (χ0) is 29.7.